The molecule has 1 aromatic carbocycles. The second-order valence-electron chi connectivity index (χ2n) is 10.7. The fourth-order valence-electron chi connectivity index (χ4n) is 8.28. The van der Waals surface area contributed by atoms with E-state index < -0.39 is 0 Å². The van der Waals surface area contributed by atoms with Crippen LogP contribution in [0.4, 0.5) is 0 Å². The van der Waals surface area contributed by atoms with Crippen LogP contribution in [0.15, 0.2) is 41.3 Å². The molecule has 0 spiro atoms. The van der Waals surface area contributed by atoms with Crippen molar-refractivity contribution < 1.29 is 0 Å². The van der Waals surface area contributed by atoms with E-state index in [1.807, 2.05) is 12.1 Å². The highest BCUT2D eigenvalue weighted by atomic mass is 35.5. The number of rotatable bonds is 3. The fourth-order valence-corrected chi connectivity index (χ4v) is 8.87. The Hall–Kier alpha value is -1.78. The molecule has 5 aliphatic carbocycles. The zero-order valence-corrected chi connectivity index (χ0v) is 18.8. The van der Waals surface area contributed by atoms with Crippen molar-refractivity contribution in [3.63, 3.8) is 0 Å². The molecule has 0 aliphatic heterocycles. The lowest BCUT2D eigenvalue weighted by molar-refractivity contribution is -0.0893. The standard InChI is InChI=1S/C25H25Cl2N3O/c26-17-3-4-18(19(27)8-17)25-11-14-7-16(23(25)15-1-2-15)12-24(10-14,13-25)20-9-21-28-6-5-22(31)30(21)29-20/h3-6,8-9,14-16,23,29H,1-2,7,10-13H2. The summed E-state index contributed by atoms with van der Waals surface area (Å²) in [6.45, 7) is 0. The number of aromatic nitrogens is 3. The summed E-state index contributed by atoms with van der Waals surface area (Å²) in [6, 6.07) is 9.80. The zero-order valence-electron chi connectivity index (χ0n) is 17.3. The topological polar surface area (TPSA) is 50.2 Å². The molecule has 160 valence electrons. The predicted molar refractivity (Wildman–Crippen MR) is 122 cm³/mol. The maximum absolute atomic E-state index is 12.4. The molecule has 1 N–H and O–H groups in total. The molecule has 3 aromatic rings. The number of nitrogens with zero attached hydrogens (tertiary/aromatic N) is 2. The van der Waals surface area contributed by atoms with Gasteiger partial charge >= 0.3 is 0 Å². The highest BCUT2D eigenvalue weighted by Crippen LogP contribution is 2.72. The van der Waals surface area contributed by atoms with Crippen molar-refractivity contribution in [3.05, 3.63) is 68.2 Å². The maximum Gasteiger partial charge on any atom is 0.272 e. The quantitative estimate of drug-likeness (QED) is 0.548. The number of aromatic amines is 1. The molecule has 0 saturated heterocycles. The lowest BCUT2D eigenvalue weighted by Crippen LogP contribution is -2.61. The van der Waals surface area contributed by atoms with E-state index in [1.165, 1.54) is 55.8 Å². The summed E-state index contributed by atoms with van der Waals surface area (Å²) in [4.78, 5) is 16.8. The Morgan fingerprint density at radius 1 is 1.06 bits per heavy atom. The van der Waals surface area contributed by atoms with Crippen LogP contribution in [0.5, 0.6) is 0 Å². The van der Waals surface area contributed by atoms with E-state index >= 15 is 0 Å². The Bertz CT molecular complexity index is 1280. The highest BCUT2D eigenvalue weighted by molar-refractivity contribution is 6.35. The minimum absolute atomic E-state index is 0.0488. The summed E-state index contributed by atoms with van der Waals surface area (Å²) >= 11 is 13.2. The van der Waals surface area contributed by atoms with Gasteiger partial charge in [-0.2, -0.15) is 0 Å². The minimum atomic E-state index is -0.0488. The lowest BCUT2D eigenvalue weighted by Gasteiger charge is -2.66. The molecule has 5 atom stereocenters. The van der Waals surface area contributed by atoms with E-state index in [0.29, 0.717) is 16.9 Å². The van der Waals surface area contributed by atoms with Gasteiger partial charge in [0.25, 0.3) is 5.56 Å². The Kier molecular flexibility index (Phi) is 3.73. The number of benzene rings is 1. The molecule has 5 fully saturated rings. The molecule has 5 unspecified atom stereocenters. The zero-order chi connectivity index (χ0) is 21.0. The van der Waals surface area contributed by atoms with Gasteiger partial charge in [0.05, 0.1) is 0 Å². The Morgan fingerprint density at radius 3 is 2.71 bits per heavy atom. The molecule has 2 heterocycles. The van der Waals surface area contributed by atoms with Gasteiger partial charge in [0.1, 0.15) is 0 Å². The second-order valence-corrected chi connectivity index (χ2v) is 11.6. The third-order valence-corrected chi connectivity index (χ3v) is 9.52. The van der Waals surface area contributed by atoms with Crippen LogP contribution in [0.3, 0.4) is 0 Å². The van der Waals surface area contributed by atoms with E-state index in [0.717, 1.165) is 28.9 Å². The van der Waals surface area contributed by atoms with Crippen molar-refractivity contribution >= 4 is 28.8 Å². The van der Waals surface area contributed by atoms with Crippen LogP contribution in [0.1, 0.15) is 56.2 Å². The molecule has 4 bridgehead atoms. The van der Waals surface area contributed by atoms with Gasteiger partial charge in [0, 0.05) is 44.9 Å². The second kappa shape index (κ2) is 6.17. The summed E-state index contributed by atoms with van der Waals surface area (Å²) < 4.78 is 1.61. The number of nitrogens with one attached hydrogen (secondary N) is 1. The molecular formula is C25H25Cl2N3O. The van der Waals surface area contributed by atoms with Gasteiger partial charge in [0.15, 0.2) is 5.65 Å². The normalized spacial score (nSPS) is 36.4. The Labute approximate surface area is 191 Å². The average molecular weight is 454 g/mol. The summed E-state index contributed by atoms with van der Waals surface area (Å²) in [5, 5.41) is 4.99. The van der Waals surface area contributed by atoms with Gasteiger partial charge in [-0.1, -0.05) is 29.3 Å². The van der Waals surface area contributed by atoms with Crippen molar-refractivity contribution in [2.75, 3.05) is 0 Å². The van der Waals surface area contributed by atoms with E-state index in [1.54, 1.807) is 10.7 Å². The van der Waals surface area contributed by atoms with Crippen LogP contribution >= 0.6 is 23.2 Å². The van der Waals surface area contributed by atoms with Crippen LogP contribution in [0.2, 0.25) is 10.0 Å². The number of hydrogen-bond acceptors (Lipinski definition) is 2. The van der Waals surface area contributed by atoms with Gasteiger partial charge in [-0.25, -0.2) is 9.50 Å². The van der Waals surface area contributed by atoms with E-state index in [4.69, 9.17) is 23.2 Å². The molecule has 6 heteroatoms. The summed E-state index contributed by atoms with van der Waals surface area (Å²) in [7, 11) is 0. The number of H-pyrrole nitrogens is 1. The smallest absolute Gasteiger partial charge is 0.272 e. The molecule has 31 heavy (non-hydrogen) atoms. The van der Waals surface area contributed by atoms with Crippen LogP contribution < -0.4 is 5.56 Å². The van der Waals surface area contributed by atoms with Crippen LogP contribution in [0.25, 0.3) is 5.65 Å². The van der Waals surface area contributed by atoms with Crippen molar-refractivity contribution in [3.8, 4) is 0 Å². The van der Waals surface area contributed by atoms with Gasteiger partial charge in [-0.05, 0) is 86.3 Å². The molecule has 8 rings (SSSR count). The Morgan fingerprint density at radius 2 is 1.94 bits per heavy atom. The molecule has 5 saturated carbocycles. The molecule has 0 radical (unpaired) electrons. The first-order valence-corrected chi connectivity index (χ1v) is 12.3. The van der Waals surface area contributed by atoms with Crippen LogP contribution in [-0.4, -0.2) is 14.6 Å². The van der Waals surface area contributed by atoms with Crippen LogP contribution in [0, 0.1) is 23.7 Å². The maximum atomic E-state index is 12.4. The first kappa shape index (κ1) is 18.8. The molecular weight excluding hydrogens is 429 g/mol. The van der Waals surface area contributed by atoms with Gasteiger partial charge in [-0.3, -0.25) is 9.89 Å². The number of halogens is 2. The van der Waals surface area contributed by atoms with Gasteiger partial charge in [-0.15, -0.1) is 0 Å². The lowest BCUT2D eigenvalue weighted by atomic mass is 9.38. The first-order chi connectivity index (χ1) is 15.0. The highest BCUT2D eigenvalue weighted by Gasteiger charge is 2.66. The van der Waals surface area contributed by atoms with Crippen LogP contribution in [-0.2, 0) is 10.8 Å². The van der Waals surface area contributed by atoms with E-state index in [-0.39, 0.29) is 16.4 Å². The molecule has 0 amide bonds. The number of hydrogen-bond donors (Lipinski definition) is 1. The monoisotopic (exact) mass is 453 g/mol. The van der Waals surface area contributed by atoms with Crippen molar-refractivity contribution in [2.45, 2.75) is 55.8 Å². The summed E-state index contributed by atoms with van der Waals surface area (Å²) in [6.07, 6.45) is 10.4. The van der Waals surface area contributed by atoms with E-state index in [9.17, 15) is 4.79 Å². The summed E-state index contributed by atoms with van der Waals surface area (Å²) in [5.41, 5.74) is 3.31. The van der Waals surface area contributed by atoms with Gasteiger partial charge in [0.2, 0.25) is 0 Å². The fraction of sp³-hybridized carbons (Fsp3) is 0.520. The largest absolute Gasteiger partial charge is 0.293 e. The molecule has 5 aliphatic rings. The Balaban J connectivity index is 1.42. The molecule has 2 aromatic heterocycles. The van der Waals surface area contributed by atoms with Crippen molar-refractivity contribution in [1.29, 1.82) is 0 Å². The van der Waals surface area contributed by atoms with Crippen molar-refractivity contribution in [2.24, 2.45) is 23.7 Å². The third kappa shape index (κ3) is 2.55. The molecule has 4 nitrogen and oxygen atoms in total. The average Bonchev–Trinajstić information content (AvgIpc) is 3.43. The van der Waals surface area contributed by atoms with Crippen molar-refractivity contribution in [1.82, 2.24) is 14.6 Å². The van der Waals surface area contributed by atoms with Gasteiger partial charge < -0.3 is 0 Å². The first-order valence-electron chi connectivity index (χ1n) is 11.5. The minimum Gasteiger partial charge on any atom is -0.293 e. The van der Waals surface area contributed by atoms with E-state index in [2.05, 4.69) is 22.2 Å². The number of fused-ring (bicyclic) bond motifs is 1. The predicted octanol–water partition coefficient (Wildman–Crippen LogP) is 5.76. The third-order valence-electron chi connectivity index (χ3n) is 8.97. The SMILES string of the molecule is O=c1ccnc2cc(C34CC5CC(C3)C(C3CC3)C(c3ccc(Cl)cc3Cl)(C5)C4)[nH]n12. The summed E-state index contributed by atoms with van der Waals surface area (Å²) in [5.74, 6) is 2.96.